The van der Waals surface area contributed by atoms with Crippen LogP contribution in [0.4, 0.5) is 4.79 Å². The Labute approximate surface area is 156 Å². The molecule has 2 aromatic rings. The number of hydrogen-bond donors (Lipinski definition) is 2. The van der Waals surface area contributed by atoms with E-state index in [1.807, 2.05) is 36.4 Å². The van der Waals surface area contributed by atoms with Crippen molar-refractivity contribution in [3.8, 4) is 11.1 Å². The molecule has 1 atom stereocenters. The Morgan fingerprint density at radius 3 is 2.19 bits per heavy atom. The monoisotopic (exact) mass is 365 g/mol. The zero-order chi connectivity index (χ0) is 19.0. The Kier molecular flexibility index (Phi) is 4.14. The molecule has 1 aliphatic carbocycles. The summed E-state index contributed by atoms with van der Waals surface area (Å²) in [5.41, 5.74) is 3.75. The fourth-order valence-corrected chi connectivity index (χ4v) is 3.54. The zero-order valence-corrected chi connectivity index (χ0v) is 14.8. The number of ether oxygens (including phenoxy) is 1. The number of aliphatic carboxylic acids is 1. The van der Waals surface area contributed by atoms with E-state index in [2.05, 4.69) is 27.7 Å². The summed E-state index contributed by atoms with van der Waals surface area (Å²) in [5, 5.41) is 19.3. The van der Waals surface area contributed by atoms with Crippen LogP contribution in [-0.2, 0) is 9.53 Å². The first-order chi connectivity index (χ1) is 13.0. The third-order valence-electron chi connectivity index (χ3n) is 4.97. The topological polar surface area (TPSA) is 100 Å². The molecular weight excluding hydrogens is 346 g/mol. The van der Waals surface area contributed by atoms with Crippen LogP contribution in [0.15, 0.2) is 58.8 Å². The highest BCUT2D eigenvalue weighted by molar-refractivity contribution is 5.81. The zero-order valence-electron chi connectivity index (χ0n) is 14.8. The molecule has 0 fully saturated rings. The maximum atomic E-state index is 12.2. The van der Waals surface area contributed by atoms with Crippen molar-refractivity contribution in [3.63, 3.8) is 0 Å². The van der Waals surface area contributed by atoms with Gasteiger partial charge in [0.15, 0.2) is 5.66 Å². The van der Waals surface area contributed by atoms with Crippen LogP contribution in [-0.4, -0.2) is 35.5 Å². The van der Waals surface area contributed by atoms with Gasteiger partial charge in [-0.05, 0) is 29.2 Å². The van der Waals surface area contributed by atoms with Crippen molar-refractivity contribution < 1.29 is 19.4 Å². The molecule has 7 heteroatoms. The minimum atomic E-state index is -1.14. The van der Waals surface area contributed by atoms with Crippen LogP contribution >= 0.6 is 0 Å². The predicted octanol–water partition coefficient (Wildman–Crippen LogP) is 3.55. The van der Waals surface area contributed by atoms with Crippen LogP contribution in [0.2, 0.25) is 0 Å². The Hall–Kier alpha value is -3.22. The smallest absolute Gasteiger partial charge is 0.407 e. The van der Waals surface area contributed by atoms with Gasteiger partial charge in [0.25, 0.3) is 0 Å². The lowest BCUT2D eigenvalue weighted by Gasteiger charge is -2.18. The van der Waals surface area contributed by atoms with Gasteiger partial charge in [0, 0.05) is 12.3 Å². The van der Waals surface area contributed by atoms with Gasteiger partial charge in [-0.3, -0.25) is 0 Å². The summed E-state index contributed by atoms with van der Waals surface area (Å²) in [6, 6.07) is 14.9. The number of carbonyl (C=O) groups excluding carboxylic acids is 1. The van der Waals surface area contributed by atoms with E-state index in [0.29, 0.717) is 0 Å². The molecule has 27 heavy (non-hydrogen) atoms. The van der Waals surface area contributed by atoms with Gasteiger partial charge in [-0.1, -0.05) is 48.5 Å². The standard InChI is InChI=1S/C20H19N3O4/c1-20(22-23-20)10-17(18(24)25)21-19(26)27-11-16-14-8-4-2-6-12(14)13-7-3-5-9-15(13)16/h2-9,16-17H,10-11H2,1H3,(H,21,26)(H,24,25)/t17-/m1/s1. The van der Waals surface area contributed by atoms with Gasteiger partial charge in [-0.25, -0.2) is 9.59 Å². The first-order valence-electron chi connectivity index (χ1n) is 8.75. The highest BCUT2D eigenvalue weighted by atomic mass is 16.5. The van der Waals surface area contributed by atoms with Crippen LogP contribution in [0, 0.1) is 0 Å². The molecule has 0 aromatic heterocycles. The van der Waals surface area contributed by atoms with Gasteiger partial charge >= 0.3 is 12.1 Å². The summed E-state index contributed by atoms with van der Waals surface area (Å²) < 4.78 is 5.38. The second-order valence-corrected chi connectivity index (χ2v) is 6.98. The van der Waals surface area contributed by atoms with E-state index in [-0.39, 0.29) is 18.9 Å². The van der Waals surface area contributed by atoms with E-state index in [9.17, 15) is 14.7 Å². The summed E-state index contributed by atoms with van der Waals surface area (Å²) >= 11 is 0. The number of hydrogen-bond acceptors (Lipinski definition) is 5. The molecule has 2 N–H and O–H groups in total. The van der Waals surface area contributed by atoms with Gasteiger partial charge in [-0.2, -0.15) is 10.2 Å². The minimum absolute atomic E-state index is 0.0719. The van der Waals surface area contributed by atoms with Crippen LogP contribution in [0.5, 0.6) is 0 Å². The van der Waals surface area contributed by atoms with Gasteiger partial charge < -0.3 is 15.2 Å². The van der Waals surface area contributed by atoms with Crippen LogP contribution in [0.25, 0.3) is 11.1 Å². The minimum Gasteiger partial charge on any atom is -0.480 e. The van der Waals surface area contributed by atoms with E-state index in [1.54, 1.807) is 6.92 Å². The predicted molar refractivity (Wildman–Crippen MR) is 97.5 cm³/mol. The fraction of sp³-hybridized carbons (Fsp3) is 0.300. The number of nitrogens with one attached hydrogen (secondary N) is 1. The van der Waals surface area contributed by atoms with Crippen LogP contribution < -0.4 is 5.32 Å². The maximum absolute atomic E-state index is 12.2. The second-order valence-electron chi connectivity index (χ2n) is 6.98. The molecule has 1 aliphatic heterocycles. The second kappa shape index (κ2) is 6.50. The molecule has 0 radical (unpaired) electrons. The van der Waals surface area contributed by atoms with Crippen molar-refractivity contribution in [3.05, 3.63) is 59.7 Å². The van der Waals surface area contributed by atoms with Gasteiger partial charge in [-0.15, -0.1) is 0 Å². The number of carbonyl (C=O) groups is 2. The van der Waals surface area contributed by atoms with Crippen molar-refractivity contribution in [2.45, 2.75) is 31.0 Å². The number of amides is 1. The molecule has 0 saturated heterocycles. The normalized spacial score (nSPS) is 16.9. The van der Waals surface area contributed by atoms with Crippen molar-refractivity contribution >= 4 is 12.1 Å². The molecule has 0 spiro atoms. The van der Waals surface area contributed by atoms with Crippen LogP contribution in [0.1, 0.15) is 30.4 Å². The SMILES string of the molecule is CC1(C[C@@H](NC(=O)OCC2c3ccccc3-c3ccccc32)C(=O)O)N=N1. The van der Waals surface area contributed by atoms with E-state index in [0.717, 1.165) is 22.3 Å². The number of carboxylic acid groups (broad SMARTS) is 1. The van der Waals surface area contributed by atoms with Crippen molar-refractivity contribution in [2.75, 3.05) is 6.61 Å². The third kappa shape index (κ3) is 3.40. The molecule has 138 valence electrons. The Bertz CT molecular complexity index is 889. The quantitative estimate of drug-likeness (QED) is 0.817. The lowest BCUT2D eigenvalue weighted by molar-refractivity contribution is -0.139. The molecule has 1 amide bonds. The lowest BCUT2D eigenvalue weighted by Crippen LogP contribution is -2.43. The van der Waals surface area contributed by atoms with Crippen molar-refractivity contribution in [2.24, 2.45) is 10.2 Å². The first kappa shape index (κ1) is 17.2. The summed E-state index contributed by atoms with van der Waals surface area (Å²) in [5.74, 6) is -1.21. The number of rotatable bonds is 6. The molecule has 0 saturated carbocycles. The number of fused-ring (bicyclic) bond motifs is 3. The highest BCUT2D eigenvalue weighted by Gasteiger charge is 2.40. The molecule has 7 nitrogen and oxygen atoms in total. The van der Waals surface area contributed by atoms with Crippen molar-refractivity contribution in [1.29, 1.82) is 0 Å². The Balaban J connectivity index is 1.44. The largest absolute Gasteiger partial charge is 0.480 e. The molecule has 2 aliphatic rings. The van der Waals surface area contributed by atoms with E-state index in [1.165, 1.54) is 0 Å². The Morgan fingerprint density at radius 1 is 1.11 bits per heavy atom. The highest BCUT2D eigenvalue weighted by Crippen LogP contribution is 2.44. The summed E-state index contributed by atoms with van der Waals surface area (Å²) in [7, 11) is 0. The molecule has 0 unspecified atom stereocenters. The molecule has 1 heterocycles. The van der Waals surface area contributed by atoms with Gasteiger partial charge in [0.1, 0.15) is 12.6 Å². The average Bonchev–Trinajstić information content (AvgIpc) is 3.30. The average molecular weight is 365 g/mol. The fourth-order valence-electron chi connectivity index (χ4n) is 3.54. The number of carboxylic acids is 1. The number of alkyl carbamates (subject to hydrolysis) is 1. The van der Waals surface area contributed by atoms with Gasteiger partial charge in [0.05, 0.1) is 0 Å². The van der Waals surface area contributed by atoms with E-state index >= 15 is 0 Å². The lowest BCUT2D eigenvalue weighted by atomic mass is 9.98. The van der Waals surface area contributed by atoms with E-state index < -0.39 is 23.8 Å². The molecule has 0 bridgehead atoms. The van der Waals surface area contributed by atoms with E-state index in [4.69, 9.17) is 4.74 Å². The molecule has 4 rings (SSSR count). The number of benzene rings is 2. The summed E-state index contributed by atoms with van der Waals surface area (Å²) in [6.45, 7) is 1.85. The van der Waals surface area contributed by atoms with Gasteiger partial charge in [0.2, 0.25) is 0 Å². The van der Waals surface area contributed by atoms with Crippen molar-refractivity contribution in [1.82, 2.24) is 5.32 Å². The third-order valence-corrected chi connectivity index (χ3v) is 4.97. The molecular formula is C20H19N3O4. The van der Waals surface area contributed by atoms with Crippen LogP contribution in [0.3, 0.4) is 0 Å². The Morgan fingerprint density at radius 2 is 1.67 bits per heavy atom. The molecule has 2 aromatic carbocycles. The maximum Gasteiger partial charge on any atom is 0.407 e. The summed E-state index contributed by atoms with van der Waals surface area (Å²) in [6.07, 6.45) is -0.652. The summed E-state index contributed by atoms with van der Waals surface area (Å²) in [4.78, 5) is 23.6. The number of nitrogens with zero attached hydrogens (tertiary/aromatic N) is 2. The first-order valence-corrected chi connectivity index (χ1v) is 8.75.